The Hall–Kier alpha value is -1.10. The number of hydrogen-bond donors (Lipinski definition) is 0. The Bertz CT molecular complexity index is 226. The summed E-state index contributed by atoms with van der Waals surface area (Å²) in [5.74, 6) is 0. The molecule has 0 aromatic heterocycles. The molecular weight excluding hydrogens is 166 g/mol. The molecule has 0 saturated carbocycles. The van der Waals surface area contributed by atoms with Crippen molar-refractivity contribution in [2.24, 2.45) is 0 Å². The first-order chi connectivity index (χ1) is 6.31. The van der Waals surface area contributed by atoms with E-state index in [9.17, 15) is 0 Å². The van der Waals surface area contributed by atoms with Gasteiger partial charge in [-0.2, -0.15) is 10.5 Å². The van der Waals surface area contributed by atoms with Crippen LogP contribution in [-0.2, 0) is 4.74 Å². The number of morpholine rings is 1. The minimum Gasteiger partial charge on any atom is -0.376 e. The minimum absolute atomic E-state index is 0.179. The average molecular weight is 179 g/mol. The number of nitrogens with zero attached hydrogens (tertiary/aromatic N) is 3. The predicted molar refractivity (Wildman–Crippen MR) is 46.6 cm³/mol. The standard InChI is InChI=1S/C9H13N3O/c1-2-9-7-12(3-4-13-9)8(5-10)6-11/h8-9H,2-4,7H2,1H3. The molecular formula is C9H13N3O. The lowest BCUT2D eigenvalue weighted by Gasteiger charge is -2.32. The van der Waals surface area contributed by atoms with E-state index in [0.717, 1.165) is 6.42 Å². The zero-order valence-corrected chi connectivity index (χ0v) is 7.73. The molecule has 4 nitrogen and oxygen atoms in total. The van der Waals surface area contributed by atoms with Crippen LogP contribution in [0.1, 0.15) is 13.3 Å². The van der Waals surface area contributed by atoms with Crippen LogP contribution in [0.15, 0.2) is 0 Å². The van der Waals surface area contributed by atoms with Crippen LogP contribution in [-0.4, -0.2) is 36.7 Å². The van der Waals surface area contributed by atoms with Crippen LogP contribution in [0.5, 0.6) is 0 Å². The van der Waals surface area contributed by atoms with Gasteiger partial charge in [0.15, 0.2) is 6.04 Å². The zero-order chi connectivity index (χ0) is 9.68. The molecule has 0 aromatic carbocycles. The molecule has 1 aliphatic rings. The zero-order valence-electron chi connectivity index (χ0n) is 7.73. The Balaban J connectivity index is 2.52. The van der Waals surface area contributed by atoms with E-state index in [-0.39, 0.29) is 6.10 Å². The highest BCUT2D eigenvalue weighted by molar-refractivity contribution is 5.07. The normalized spacial score (nSPS) is 23.8. The van der Waals surface area contributed by atoms with Gasteiger partial charge in [0.1, 0.15) is 0 Å². The van der Waals surface area contributed by atoms with Gasteiger partial charge in [-0.15, -0.1) is 0 Å². The van der Waals surface area contributed by atoms with Crippen molar-refractivity contribution in [3.63, 3.8) is 0 Å². The highest BCUT2D eigenvalue weighted by atomic mass is 16.5. The first-order valence-corrected chi connectivity index (χ1v) is 4.46. The fraction of sp³-hybridized carbons (Fsp3) is 0.778. The Labute approximate surface area is 78.3 Å². The van der Waals surface area contributed by atoms with Crippen molar-refractivity contribution in [2.75, 3.05) is 19.7 Å². The first kappa shape index (κ1) is 9.98. The average Bonchev–Trinajstić information content (AvgIpc) is 2.20. The number of hydrogen-bond acceptors (Lipinski definition) is 4. The maximum Gasteiger partial charge on any atom is 0.186 e. The molecule has 70 valence electrons. The topological polar surface area (TPSA) is 60.0 Å². The van der Waals surface area contributed by atoms with Crippen LogP contribution in [0.4, 0.5) is 0 Å². The molecule has 0 aromatic rings. The van der Waals surface area contributed by atoms with Gasteiger partial charge in [-0.3, -0.25) is 4.90 Å². The largest absolute Gasteiger partial charge is 0.376 e. The smallest absolute Gasteiger partial charge is 0.186 e. The van der Waals surface area contributed by atoms with E-state index in [2.05, 4.69) is 0 Å². The van der Waals surface area contributed by atoms with Gasteiger partial charge in [0.05, 0.1) is 24.8 Å². The summed E-state index contributed by atoms with van der Waals surface area (Å²) in [5.41, 5.74) is 0. The van der Waals surface area contributed by atoms with Gasteiger partial charge in [0.25, 0.3) is 0 Å². The van der Waals surface area contributed by atoms with Gasteiger partial charge in [-0.25, -0.2) is 0 Å². The molecule has 1 aliphatic heterocycles. The van der Waals surface area contributed by atoms with Gasteiger partial charge >= 0.3 is 0 Å². The quantitative estimate of drug-likeness (QED) is 0.619. The molecule has 1 atom stereocenters. The molecule has 1 fully saturated rings. The van der Waals surface area contributed by atoms with E-state index in [1.54, 1.807) is 0 Å². The third-order valence-corrected chi connectivity index (χ3v) is 2.24. The molecule has 0 spiro atoms. The van der Waals surface area contributed by atoms with Crippen LogP contribution < -0.4 is 0 Å². The third-order valence-electron chi connectivity index (χ3n) is 2.24. The summed E-state index contributed by atoms with van der Waals surface area (Å²) in [7, 11) is 0. The molecule has 1 rings (SSSR count). The molecule has 0 N–H and O–H groups in total. The summed E-state index contributed by atoms with van der Waals surface area (Å²) < 4.78 is 5.44. The second-order valence-electron chi connectivity index (χ2n) is 3.06. The van der Waals surface area contributed by atoms with Crippen molar-refractivity contribution in [1.82, 2.24) is 4.90 Å². The van der Waals surface area contributed by atoms with Gasteiger partial charge in [-0.05, 0) is 6.42 Å². The molecule has 1 saturated heterocycles. The van der Waals surface area contributed by atoms with Crippen molar-refractivity contribution in [3.8, 4) is 12.1 Å². The molecule has 4 heteroatoms. The molecule has 0 radical (unpaired) electrons. The summed E-state index contributed by atoms with van der Waals surface area (Å²) in [5, 5.41) is 17.4. The van der Waals surface area contributed by atoms with Gasteiger partial charge < -0.3 is 4.74 Å². The van der Waals surface area contributed by atoms with Crippen molar-refractivity contribution < 1.29 is 4.74 Å². The Morgan fingerprint density at radius 3 is 2.77 bits per heavy atom. The van der Waals surface area contributed by atoms with E-state index in [4.69, 9.17) is 15.3 Å². The highest BCUT2D eigenvalue weighted by Crippen LogP contribution is 2.10. The Morgan fingerprint density at radius 1 is 1.54 bits per heavy atom. The summed E-state index contributed by atoms with van der Waals surface area (Å²) in [6.45, 7) is 4.05. The van der Waals surface area contributed by atoms with Crippen molar-refractivity contribution in [3.05, 3.63) is 0 Å². The molecule has 0 bridgehead atoms. The lowest BCUT2D eigenvalue weighted by Crippen LogP contribution is -2.46. The van der Waals surface area contributed by atoms with E-state index >= 15 is 0 Å². The monoisotopic (exact) mass is 179 g/mol. The number of nitriles is 2. The van der Waals surface area contributed by atoms with Crippen LogP contribution in [0.3, 0.4) is 0 Å². The van der Waals surface area contributed by atoms with E-state index in [0.29, 0.717) is 19.7 Å². The highest BCUT2D eigenvalue weighted by Gasteiger charge is 2.24. The fourth-order valence-electron chi connectivity index (χ4n) is 1.42. The fourth-order valence-corrected chi connectivity index (χ4v) is 1.42. The van der Waals surface area contributed by atoms with E-state index in [1.165, 1.54) is 0 Å². The van der Waals surface area contributed by atoms with Crippen LogP contribution in [0, 0.1) is 22.7 Å². The second kappa shape index (κ2) is 4.81. The number of rotatable bonds is 2. The summed E-state index contributed by atoms with van der Waals surface area (Å²) >= 11 is 0. The summed E-state index contributed by atoms with van der Waals surface area (Å²) in [4.78, 5) is 1.87. The van der Waals surface area contributed by atoms with Crippen molar-refractivity contribution in [1.29, 1.82) is 10.5 Å². The van der Waals surface area contributed by atoms with Crippen LogP contribution in [0.25, 0.3) is 0 Å². The predicted octanol–water partition coefficient (Wildman–Crippen LogP) is 0.513. The molecule has 0 amide bonds. The molecule has 13 heavy (non-hydrogen) atoms. The van der Waals surface area contributed by atoms with Gasteiger partial charge in [-0.1, -0.05) is 6.92 Å². The lowest BCUT2D eigenvalue weighted by atomic mass is 10.2. The summed E-state index contributed by atoms with van der Waals surface area (Å²) in [6, 6.07) is 3.34. The molecule has 1 heterocycles. The van der Waals surface area contributed by atoms with E-state index < -0.39 is 6.04 Å². The van der Waals surface area contributed by atoms with Crippen LogP contribution in [0.2, 0.25) is 0 Å². The minimum atomic E-state index is -0.613. The van der Waals surface area contributed by atoms with Gasteiger partial charge in [0, 0.05) is 13.1 Å². The van der Waals surface area contributed by atoms with Crippen LogP contribution >= 0.6 is 0 Å². The maximum atomic E-state index is 8.68. The Morgan fingerprint density at radius 2 is 2.23 bits per heavy atom. The molecule has 0 aliphatic carbocycles. The maximum absolute atomic E-state index is 8.68. The first-order valence-electron chi connectivity index (χ1n) is 4.46. The van der Waals surface area contributed by atoms with E-state index in [1.807, 2.05) is 24.0 Å². The van der Waals surface area contributed by atoms with Crippen molar-refractivity contribution >= 4 is 0 Å². The summed E-state index contributed by atoms with van der Waals surface area (Å²) in [6.07, 6.45) is 1.11. The SMILES string of the molecule is CCC1CN(C(C#N)C#N)CCO1. The van der Waals surface area contributed by atoms with Crippen molar-refractivity contribution in [2.45, 2.75) is 25.5 Å². The second-order valence-corrected chi connectivity index (χ2v) is 3.06. The lowest BCUT2D eigenvalue weighted by molar-refractivity contribution is -0.0317. The molecule has 1 unspecified atom stereocenters. The number of ether oxygens (including phenoxy) is 1. The third kappa shape index (κ3) is 2.42. The van der Waals surface area contributed by atoms with Gasteiger partial charge in [0.2, 0.25) is 0 Å². The Kier molecular flexibility index (Phi) is 3.70.